The van der Waals surface area contributed by atoms with Crippen LogP contribution in [0.25, 0.3) is 0 Å². The highest BCUT2D eigenvalue weighted by Gasteiger charge is 2.27. The van der Waals surface area contributed by atoms with Gasteiger partial charge in [0.2, 0.25) is 5.91 Å². The zero-order chi connectivity index (χ0) is 22.3. The third-order valence-corrected chi connectivity index (χ3v) is 6.76. The van der Waals surface area contributed by atoms with Gasteiger partial charge in [-0.15, -0.1) is 0 Å². The lowest BCUT2D eigenvalue weighted by molar-refractivity contribution is -0.131. The number of likely N-dealkylation sites (tertiary alicyclic amines) is 1. The number of piperidine rings is 1. The molecule has 2 fully saturated rings. The first-order chi connectivity index (χ1) is 15.7. The third-order valence-electron chi connectivity index (χ3n) is 6.76. The number of amides is 2. The number of anilines is 1. The van der Waals surface area contributed by atoms with Crippen LogP contribution in [0.4, 0.5) is 5.69 Å². The van der Waals surface area contributed by atoms with Gasteiger partial charge < -0.3 is 19.4 Å². The first-order valence-electron chi connectivity index (χ1n) is 11.7. The molecule has 6 heteroatoms. The highest BCUT2D eigenvalue weighted by molar-refractivity contribution is 5.97. The molecule has 2 aliphatic heterocycles. The van der Waals surface area contributed by atoms with Crippen LogP contribution in [0.5, 0.6) is 5.75 Å². The van der Waals surface area contributed by atoms with Crippen molar-refractivity contribution in [1.29, 1.82) is 0 Å². The minimum atomic E-state index is 0.0354. The van der Waals surface area contributed by atoms with Gasteiger partial charge in [-0.2, -0.15) is 0 Å². The van der Waals surface area contributed by atoms with Crippen LogP contribution >= 0.6 is 0 Å². The van der Waals surface area contributed by atoms with Crippen LogP contribution in [0.2, 0.25) is 0 Å². The van der Waals surface area contributed by atoms with E-state index < -0.39 is 0 Å². The number of para-hydroxylation sites is 2. The fourth-order valence-electron chi connectivity index (χ4n) is 4.75. The summed E-state index contributed by atoms with van der Waals surface area (Å²) >= 11 is 0. The Balaban J connectivity index is 1.19. The van der Waals surface area contributed by atoms with Gasteiger partial charge >= 0.3 is 0 Å². The van der Waals surface area contributed by atoms with Crippen molar-refractivity contribution in [1.82, 2.24) is 9.80 Å². The zero-order valence-electron chi connectivity index (χ0n) is 18.9. The van der Waals surface area contributed by atoms with E-state index in [9.17, 15) is 9.59 Å². The van der Waals surface area contributed by atoms with Gasteiger partial charge in [0.15, 0.2) is 0 Å². The molecule has 2 heterocycles. The van der Waals surface area contributed by atoms with Crippen LogP contribution in [-0.2, 0) is 4.79 Å². The minimum absolute atomic E-state index is 0.0354. The monoisotopic (exact) mass is 435 g/mol. The molecule has 2 aromatic carbocycles. The van der Waals surface area contributed by atoms with Crippen molar-refractivity contribution in [2.75, 3.05) is 51.3 Å². The Morgan fingerprint density at radius 1 is 0.844 bits per heavy atom. The Kier molecular flexibility index (Phi) is 7.30. The summed E-state index contributed by atoms with van der Waals surface area (Å²) in [6.07, 6.45) is 3.43. The van der Waals surface area contributed by atoms with Gasteiger partial charge in [0.05, 0.1) is 12.7 Å². The zero-order valence-corrected chi connectivity index (χ0v) is 18.9. The first kappa shape index (κ1) is 22.2. The minimum Gasteiger partial charge on any atom is -0.496 e. The summed E-state index contributed by atoms with van der Waals surface area (Å²) in [6.45, 7) is 4.84. The van der Waals surface area contributed by atoms with Crippen LogP contribution in [0, 0.1) is 5.92 Å². The highest BCUT2D eigenvalue weighted by atomic mass is 16.5. The Morgan fingerprint density at radius 3 is 2.19 bits per heavy atom. The maximum atomic E-state index is 12.9. The average molecular weight is 436 g/mol. The number of hydrogen-bond donors (Lipinski definition) is 0. The van der Waals surface area contributed by atoms with E-state index in [4.69, 9.17) is 4.74 Å². The van der Waals surface area contributed by atoms with Crippen molar-refractivity contribution in [3.63, 3.8) is 0 Å². The molecule has 0 saturated carbocycles. The molecular formula is C26H33N3O3. The van der Waals surface area contributed by atoms with Crippen molar-refractivity contribution in [2.24, 2.45) is 5.92 Å². The molecule has 0 N–H and O–H groups in total. The van der Waals surface area contributed by atoms with Gasteiger partial charge in [-0.3, -0.25) is 9.59 Å². The molecule has 4 rings (SSSR count). The van der Waals surface area contributed by atoms with Crippen LogP contribution in [0.1, 0.15) is 36.0 Å². The summed E-state index contributed by atoms with van der Waals surface area (Å²) < 4.78 is 5.34. The van der Waals surface area contributed by atoms with Crippen molar-refractivity contribution in [3.8, 4) is 5.75 Å². The van der Waals surface area contributed by atoms with E-state index in [1.54, 1.807) is 7.11 Å². The summed E-state index contributed by atoms with van der Waals surface area (Å²) in [6, 6.07) is 17.8. The molecular weight excluding hydrogens is 402 g/mol. The number of ether oxygens (including phenoxy) is 1. The lowest BCUT2D eigenvalue weighted by Crippen LogP contribution is -2.48. The van der Waals surface area contributed by atoms with Gasteiger partial charge in [-0.25, -0.2) is 0 Å². The average Bonchev–Trinajstić information content (AvgIpc) is 2.87. The first-order valence-corrected chi connectivity index (χ1v) is 11.7. The van der Waals surface area contributed by atoms with Crippen molar-refractivity contribution in [2.45, 2.75) is 25.7 Å². The van der Waals surface area contributed by atoms with E-state index in [-0.39, 0.29) is 11.8 Å². The number of benzene rings is 2. The van der Waals surface area contributed by atoms with Gasteiger partial charge in [0.1, 0.15) is 5.75 Å². The predicted molar refractivity (Wildman–Crippen MR) is 126 cm³/mol. The van der Waals surface area contributed by atoms with E-state index in [1.807, 2.05) is 40.1 Å². The quantitative estimate of drug-likeness (QED) is 0.695. The molecule has 0 atom stereocenters. The van der Waals surface area contributed by atoms with Crippen molar-refractivity contribution >= 4 is 17.5 Å². The molecule has 2 amide bonds. The summed E-state index contributed by atoms with van der Waals surface area (Å²) in [7, 11) is 1.59. The van der Waals surface area contributed by atoms with Crippen molar-refractivity contribution < 1.29 is 14.3 Å². The molecule has 0 aliphatic carbocycles. The summed E-state index contributed by atoms with van der Waals surface area (Å²) in [5.74, 6) is 1.43. The number of methoxy groups -OCH3 is 1. The van der Waals surface area contributed by atoms with E-state index in [1.165, 1.54) is 5.69 Å². The molecule has 0 bridgehead atoms. The maximum Gasteiger partial charge on any atom is 0.257 e. The van der Waals surface area contributed by atoms with E-state index in [0.29, 0.717) is 23.7 Å². The number of piperazine rings is 1. The topological polar surface area (TPSA) is 53.1 Å². The third kappa shape index (κ3) is 5.23. The molecule has 0 unspecified atom stereocenters. The Labute approximate surface area is 190 Å². The smallest absolute Gasteiger partial charge is 0.257 e. The molecule has 32 heavy (non-hydrogen) atoms. The lowest BCUT2D eigenvalue weighted by atomic mass is 9.91. The Hall–Kier alpha value is -3.02. The Bertz CT molecular complexity index is 902. The molecule has 0 radical (unpaired) electrons. The number of carbonyl (C=O) groups excluding carboxylic acids is 2. The molecule has 2 aromatic rings. The fraction of sp³-hybridized carbons (Fsp3) is 0.462. The summed E-state index contributed by atoms with van der Waals surface area (Å²) in [5, 5.41) is 0. The predicted octanol–water partition coefficient (Wildman–Crippen LogP) is 3.68. The van der Waals surface area contributed by atoms with Gasteiger partial charge in [0, 0.05) is 51.4 Å². The van der Waals surface area contributed by atoms with Gasteiger partial charge in [0.25, 0.3) is 5.91 Å². The number of nitrogens with zero attached hydrogens (tertiary/aromatic N) is 3. The summed E-state index contributed by atoms with van der Waals surface area (Å²) in [5.41, 5.74) is 1.85. The van der Waals surface area contributed by atoms with E-state index in [2.05, 4.69) is 29.2 Å². The second-order valence-corrected chi connectivity index (χ2v) is 8.68. The summed E-state index contributed by atoms with van der Waals surface area (Å²) in [4.78, 5) is 31.9. The molecule has 2 aliphatic rings. The second kappa shape index (κ2) is 10.5. The normalized spacial score (nSPS) is 17.3. The number of carbonyl (C=O) groups is 2. The molecule has 2 saturated heterocycles. The van der Waals surface area contributed by atoms with E-state index in [0.717, 1.165) is 58.5 Å². The van der Waals surface area contributed by atoms with Crippen molar-refractivity contribution in [3.05, 3.63) is 60.2 Å². The van der Waals surface area contributed by atoms with Crippen LogP contribution in [0.3, 0.4) is 0 Å². The molecule has 170 valence electrons. The second-order valence-electron chi connectivity index (χ2n) is 8.68. The largest absolute Gasteiger partial charge is 0.496 e. The van der Waals surface area contributed by atoms with Crippen LogP contribution < -0.4 is 9.64 Å². The van der Waals surface area contributed by atoms with E-state index >= 15 is 0 Å². The molecule has 0 spiro atoms. The van der Waals surface area contributed by atoms with Crippen LogP contribution in [-0.4, -0.2) is 68.0 Å². The Morgan fingerprint density at radius 2 is 1.50 bits per heavy atom. The van der Waals surface area contributed by atoms with Gasteiger partial charge in [-0.05, 0) is 49.4 Å². The standard InChI is InChI=1S/C26H33N3O3/c1-32-24-10-6-5-9-23(24)26(31)29-15-13-21(14-16-29)11-12-25(30)28-19-17-27(18-20-28)22-7-3-2-4-8-22/h2-10,21H,11-20H2,1H3. The molecule has 6 nitrogen and oxygen atoms in total. The fourth-order valence-corrected chi connectivity index (χ4v) is 4.75. The lowest BCUT2D eigenvalue weighted by Gasteiger charge is -2.36. The highest BCUT2D eigenvalue weighted by Crippen LogP contribution is 2.26. The van der Waals surface area contributed by atoms with Gasteiger partial charge in [-0.1, -0.05) is 30.3 Å². The number of hydrogen-bond acceptors (Lipinski definition) is 4. The molecule has 0 aromatic heterocycles. The number of rotatable bonds is 6. The SMILES string of the molecule is COc1ccccc1C(=O)N1CCC(CCC(=O)N2CCN(c3ccccc3)CC2)CC1. The maximum absolute atomic E-state index is 12.9. The van der Waals surface area contributed by atoms with Crippen LogP contribution in [0.15, 0.2) is 54.6 Å².